The average molecular weight is 253 g/mol. The van der Waals surface area contributed by atoms with Gasteiger partial charge in [0.05, 0.1) is 6.10 Å². The second-order valence-corrected chi connectivity index (χ2v) is 5.16. The average Bonchev–Trinajstić information content (AvgIpc) is 2.97. The summed E-state index contributed by atoms with van der Waals surface area (Å²) in [4.78, 5) is 4.40. The van der Waals surface area contributed by atoms with Gasteiger partial charge < -0.3 is 14.6 Å². The Morgan fingerprint density at radius 3 is 3.06 bits per heavy atom. The van der Waals surface area contributed by atoms with E-state index in [1.165, 1.54) is 0 Å². The molecule has 5 heteroatoms. The molecule has 1 aromatic rings. The maximum atomic E-state index is 5.56. The summed E-state index contributed by atoms with van der Waals surface area (Å²) in [5, 5.41) is 7.38. The van der Waals surface area contributed by atoms with Gasteiger partial charge in [-0.2, -0.15) is 4.98 Å². The summed E-state index contributed by atoms with van der Waals surface area (Å²) < 4.78 is 10.8. The van der Waals surface area contributed by atoms with Gasteiger partial charge in [-0.3, -0.25) is 0 Å². The summed E-state index contributed by atoms with van der Waals surface area (Å²) in [5.41, 5.74) is 0. The minimum absolute atomic E-state index is 0.290. The third-order valence-corrected chi connectivity index (χ3v) is 3.06. The summed E-state index contributed by atoms with van der Waals surface area (Å²) in [5.74, 6) is 1.53. The maximum Gasteiger partial charge on any atom is 0.226 e. The van der Waals surface area contributed by atoms with Crippen LogP contribution in [-0.2, 0) is 17.6 Å². The van der Waals surface area contributed by atoms with Crippen molar-refractivity contribution >= 4 is 0 Å². The van der Waals surface area contributed by atoms with E-state index in [-0.39, 0.29) is 6.10 Å². The van der Waals surface area contributed by atoms with E-state index in [1.807, 2.05) is 0 Å². The maximum absolute atomic E-state index is 5.56. The van der Waals surface area contributed by atoms with Crippen molar-refractivity contribution in [1.82, 2.24) is 15.5 Å². The highest BCUT2D eigenvalue weighted by atomic mass is 16.5. The lowest BCUT2D eigenvalue weighted by Crippen LogP contribution is -2.23. The van der Waals surface area contributed by atoms with Gasteiger partial charge in [0.2, 0.25) is 5.89 Å². The number of ether oxygens (including phenoxy) is 1. The lowest BCUT2D eigenvalue weighted by molar-refractivity contribution is 0.109. The highest BCUT2D eigenvalue weighted by Crippen LogP contribution is 2.15. The number of nitrogens with zero attached hydrogens (tertiary/aromatic N) is 2. The molecule has 0 amide bonds. The van der Waals surface area contributed by atoms with E-state index >= 15 is 0 Å². The number of rotatable bonds is 7. The van der Waals surface area contributed by atoms with Crippen LogP contribution in [0, 0.1) is 0 Å². The molecule has 1 aliphatic rings. The Morgan fingerprint density at radius 1 is 1.44 bits per heavy atom. The third kappa shape index (κ3) is 4.38. The van der Waals surface area contributed by atoms with E-state index in [1.54, 1.807) is 0 Å². The molecule has 1 aromatic heterocycles. The number of aromatic nitrogens is 2. The molecule has 0 spiro atoms. The fraction of sp³-hybridized carbons (Fsp3) is 0.846. The van der Waals surface area contributed by atoms with Crippen LogP contribution in [0.5, 0.6) is 0 Å². The van der Waals surface area contributed by atoms with Crippen molar-refractivity contribution < 1.29 is 9.26 Å². The molecule has 1 atom stereocenters. The molecule has 0 radical (unpaired) electrons. The Balaban J connectivity index is 1.68. The zero-order valence-corrected chi connectivity index (χ0v) is 11.3. The lowest BCUT2D eigenvalue weighted by atomic mass is 10.2. The summed E-state index contributed by atoms with van der Waals surface area (Å²) in [6.07, 6.45) is 5.21. The van der Waals surface area contributed by atoms with E-state index in [0.717, 1.165) is 57.0 Å². The predicted octanol–water partition coefficient (Wildman–Crippen LogP) is 1.72. The highest BCUT2D eigenvalue weighted by Gasteiger charge is 2.18. The summed E-state index contributed by atoms with van der Waals surface area (Å²) in [6, 6.07) is 0.530. The van der Waals surface area contributed by atoms with Gasteiger partial charge in [0, 0.05) is 25.5 Å². The summed E-state index contributed by atoms with van der Waals surface area (Å²) >= 11 is 0. The van der Waals surface area contributed by atoms with Crippen LogP contribution in [0.4, 0.5) is 0 Å². The van der Waals surface area contributed by atoms with Crippen LogP contribution in [-0.4, -0.2) is 35.4 Å². The fourth-order valence-electron chi connectivity index (χ4n) is 2.11. The summed E-state index contributed by atoms with van der Waals surface area (Å²) in [6.45, 7) is 6.15. The lowest BCUT2D eigenvalue weighted by Gasteiger charge is -2.05. The third-order valence-electron chi connectivity index (χ3n) is 3.06. The van der Waals surface area contributed by atoms with Gasteiger partial charge in [-0.25, -0.2) is 0 Å². The zero-order valence-electron chi connectivity index (χ0n) is 11.3. The van der Waals surface area contributed by atoms with Crippen LogP contribution in [0.25, 0.3) is 0 Å². The molecule has 1 N–H and O–H groups in total. The summed E-state index contributed by atoms with van der Waals surface area (Å²) in [7, 11) is 0. The van der Waals surface area contributed by atoms with Crippen LogP contribution >= 0.6 is 0 Å². The van der Waals surface area contributed by atoms with Crippen molar-refractivity contribution in [2.45, 2.75) is 58.1 Å². The second kappa shape index (κ2) is 6.85. The Kier molecular flexibility index (Phi) is 5.13. The Bertz CT molecular complexity index is 346. The van der Waals surface area contributed by atoms with Crippen LogP contribution < -0.4 is 5.32 Å². The molecular weight excluding hydrogens is 230 g/mol. The van der Waals surface area contributed by atoms with Crippen LogP contribution in [0.2, 0.25) is 0 Å². The van der Waals surface area contributed by atoms with E-state index in [4.69, 9.17) is 9.26 Å². The molecule has 1 aliphatic heterocycles. The zero-order chi connectivity index (χ0) is 12.8. The van der Waals surface area contributed by atoms with Crippen molar-refractivity contribution in [3.8, 4) is 0 Å². The molecule has 1 saturated heterocycles. The van der Waals surface area contributed by atoms with Gasteiger partial charge in [-0.1, -0.05) is 19.0 Å². The first-order chi connectivity index (χ1) is 8.74. The normalized spacial score (nSPS) is 19.8. The first-order valence-electron chi connectivity index (χ1n) is 6.90. The molecule has 18 heavy (non-hydrogen) atoms. The molecule has 1 fully saturated rings. The quantitative estimate of drug-likeness (QED) is 0.750. The largest absolute Gasteiger partial charge is 0.378 e. The monoisotopic (exact) mass is 253 g/mol. The standard InChI is InChI=1S/C13H23N3O2/c1-10(2)14-7-3-6-13-15-12(16-18-13)9-11-5-4-8-17-11/h10-11,14H,3-9H2,1-2H3. The molecule has 1 unspecified atom stereocenters. The molecule has 102 valence electrons. The number of aryl methyl sites for hydroxylation is 1. The minimum Gasteiger partial charge on any atom is -0.378 e. The first kappa shape index (κ1) is 13.5. The minimum atomic E-state index is 0.290. The smallest absolute Gasteiger partial charge is 0.226 e. The Labute approximate surface area is 108 Å². The van der Waals surface area contributed by atoms with Gasteiger partial charge in [0.1, 0.15) is 0 Å². The number of hydrogen-bond donors (Lipinski definition) is 1. The Morgan fingerprint density at radius 2 is 2.33 bits per heavy atom. The van der Waals surface area contributed by atoms with Crippen molar-refractivity contribution in [3.63, 3.8) is 0 Å². The van der Waals surface area contributed by atoms with Crippen LogP contribution in [0.15, 0.2) is 4.52 Å². The molecule has 0 bridgehead atoms. The SMILES string of the molecule is CC(C)NCCCc1nc(CC2CCCO2)no1. The molecule has 0 saturated carbocycles. The molecule has 2 rings (SSSR count). The van der Waals surface area contributed by atoms with Crippen molar-refractivity contribution in [3.05, 3.63) is 11.7 Å². The van der Waals surface area contributed by atoms with Gasteiger partial charge >= 0.3 is 0 Å². The second-order valence-electron chi connectivity index (χ2n) is 5.16. The van der Waals surface area contributed by atoms with E-state index in [0.29, 0.717) is 6.04 Å². The van der Waals surface area contributed by atoms with Gasteiger partial charge in [-0.15, -0.1) is 0 Å². The molecule has 0 aliphatic carbocycles. The molecule has 2 heterocycles. The van der Waals surface area contributed by atoms with Crippen LogP contribution in [0.3, 0.4) is 0 Å². The molecular formula is C13H23N3O2. The molecule has 0 aromatic carbocycles. The van der Waals surface area contributed by atoms with Gasteiger partial charge in [-0.05, 0) is 25.8 Å². The topological polar surface area (TPSA) is 60.2 Å². The predicted molar refractivity (Wildman–Crippen MR) is 68.4 cm³/mol. The number of nitrogens with one attached hydrogen (secondary N) is 1. The van der Waals surface area contributed by atoms with E-state index in [9.17, 15) is 0 Å². The molecule has 5 nitrogen and oxygen atoms in total. The van der Waals surface area contributed by atoms with Crippen LogP contribution in [0.1, 0.15) is 44.8 Å². The van der Waals surface area contributed by atoms with Crippen molar-refractivity contribution in [1.29, 1.82) is 0 Å². The highest BCUT2D eigenvalue weighted by molar-refractivity contribution is 4.90. The fourth-order valence-corrected chi connectivity index (χ4v) is 2.11. The van der Waals surface area contributed by atoms with Crippen molar-refractivity contribution in [2.75, 3.05) is 13.2 Å². The van der Waals surface area contributed by atoms with Crippen molar-refractivity contribution in [2.24, 2.45) is 0 Å². The van der Waals surface area contributed by atoms with E-state index < -0.39 is 0 Å². The first-order valence-corrected chi connectivity index (χ1v) is 6.90. The van der Waals surface area contributed by atoms with Gasteiger partial charge in [0.25, 0.3) is 0 Å². The van der Waals surface area contributed by atoms with E-state index in [2.05, 4.69) is 29.3 Å². The Hall–Kier alpha value is -0.940. The van der Waals surface area contributed by atoms with Gasteiger partial charge in [0.15, 0.2) is 5.82 Å². The number of hydrogen-bond acceptors (Lipinski definition) is 5.